The van der Waals surface area contributed by atoms with Gasteiger partial charge in [-0.05, 0) is 43.2 Å². The van der Waals surface area contributed by atoms with Crippen molar-refractivity contribution in [3.05, 3.63) is 105 Å². The van der Waals surface area contributed by atoms with Gasteiger partial charge >= 0.3 is 0 Å². The highest BCUT2D eigenvalue weighted by atomic mass is 35.5. The van der Waals surface area contributed by atoms with Gasteiger partial charge in [0.1, 0.15) is 0 Å². The van der Waals surface area contributed by atoms with Crippen molar-refractivity contribution in [2.45, 2.75) is 26.9 Å². The van der Waals surface area contributed by atoms with Crippen molar-refractivity contribution in [1.29, 1.82) is 0 Å². The molecule has 0 unspecified atom stereocenters. The quantitative estimate of drug-likeness (QED) is 0.263. The van der Waals surface area contributed by atoms with Gasteiger partial charge in [0.15, 0.2) is 0 Å². The number of rotatable bonds is 6. The molecule has 1 heterocycles. The smallest absolute Gasteiger partial charge is 0.0609 e. The van der Waals surface area contributed by atoms with E-state index in [1.54, 1.807) is 0 Å². The van der Waals surface area contributed by atoms with E-state index in [1.165, 1.54) is 27.7 Å². The molecule has 0 radical (unpaired) electrons. The van der Waals surface area contributed by atoms with Crippen molar-refractivity contribution in [2.75, 3.05) is 0 Å². The summed E-state index contributed by atoms with van der Waals surface area (Å²) < 4.78 is 2.35. The molecule has 1 N–H and O–H groups in total. The predicted octanol–water partition coefficient (Wildman–Crippen LogP) is 6.74. The molecule has 0 spiro atoms. The fourth-order valence-electron chi connectivity index (χ4n) is 3.72. The summed E-state index contributed by atoms with van der Waals surface area (Å²) >= 11 is 12.5. The summed E-state index contributed by atoms with van der Waals surface area (Å²) in [6.07, 6.45) is 1.89. The Morgan fingerprint density at radius 3 is 2.37 bits per heavy atom. The molecule has 1 aromatic heterocycles. The molecule has 0 fully saturated rings. The molecule has 0 aliphatic carbocycles. The lowest BCUT2D eigenvalue weighted by Gasteiger charge is -2.11. The number of aromatic nitrogens is 1. The average Bonchev–Trinajstić information content (AvgIpc) is 3.00. The van der Waals surface area contributed by atoms with E-state index >= 15 is 0 Å². The molecule has 3 nitrogen and oxygen atoms in total. The number of fused-ring (bicyclic) bond motifs is 1. The molecule has 0 saturated carbocycles. The minimum Gasteiger partial charge on any atom is -0.340 e. The number of nitrogens with zero attached hydrogens (tertiary/aromatic N) is 2. The van der Waals surface area contributed by atoms with Crippen LogP contribution in [0.3, 0.4) is 0 Å². The molecule has 3 aromatic carbocycles. The SMILES string of the molecule is Cc1ccccc1Cn1c(C)c(/C=N\NCc2c(Cl)cccc2Cl)c2ccccc21. The van der Waals surface area contributed by atoms with E-state index in [0.717, 1.165) is 17.7 Å². The van der Waals surface area contributed by atoms with Gasteiger partial charge < -0.3 is 9.99 Å². The second-order valence-electron chi connectivity index (χ2n) is 7.32. The van der Waals surface area contributed by atoms with Crippen LogP contribution < -0.4 is 5.43 Å². The summed E-state index contributed by atoms with van der Waals surface area (Å²) in [6, 6.07) is 22.5. The van der Waals surface area contributed by atoms with E-state index in [0.29, 0.717) is 16.6 Å². The minimum absolute atomic E-state index is 0.468. The van der Waals surface area contributed by atoms with Crippen LogP contribution in [0.15, 0.2) is 71.8 Å². The first-order valence-corrected chi connectivity index (χ1v) is 10.6. The van der Waals surface area contributed by atoms with Crippen LogP contribution in [0, 0.1) is 13.8 Å². The highest BCUT2D eigenvalue weighted by Gasteiger charge is 2.13. The summed E-state index contributed by atoms with van der Waals surface area (Å²) in [4.78, 5) is 0. The zero-order valence-electron chi connectivity index (χ0n) is 17.0. The van der Waals surface area contributed by atoms with Crippen molar-refractivity contribution in [3.63, 3.8) is 0 Å². The number of nitrogens with one attached hydrogen (secondary N) is 1. The van der Waals surface area contributed by atoms with Crippen LogP contribution in [0.25, 0.3) is 10.9 Å². The number of hydrogen-bond donors (Lipinski definition) is 1. The summed E-state index contributed by atoms with van der Waals surface area (Å²) in [5, 5.41) is 6.92. The molecular formula is C25H23Cl2N3. The Morgan fingerprint density at radius 1 is 0.900 bits per heavy atom. The Kier molecular flexibility index (Phi) is 6.12. The Bertz CT molecular complexity index is 1200. The molecule has 4 rings (SSSR count). The van der Waals surface area contributed by atoms with Gasteiger partial charge in [0, 0.05) is 44.3 Å². The highest BCUT2D eigenvalue weighted by Crippen LogP contribution is 2.27. The summed E-state index contributed by atoms with van der Waals surface area (Å²) in [7, 11) is 0. The standard InChI is InChI=1S/C25H23Cl2N3/c1-17-8-3-4-9-19(17)16-30-18(2)21(20-10-5-6-13-25(20)30)14-28-29-15-22-23(26)11-7-12-24(22)27/h3-14,29H,15-16H2,1-2H3/b28-14-. The molecular weight excluding hydrogens is 413 g/mol. The predicted molar refractivity (Wildman–Crippen MR) is 128 cm³/mol. The second-order valence-corrected chi connectivity index (χ2v) is 8.14. The lowest BCUT2D eigenvalue weighted by molar-refractivity contribution is 0.748. The van der Waals surface area contributed by atoms with Gasteiger partial charge in [-0.1, -0.05) is 71.7 Å². The van der Waals surface area contributed by atoms with Gasteiger partial charge in [-0.3, -0.25) is 0 Å². The second kappa shape index (κ2) is 8.95. The molecule has 0 bridgehead atoms. The van der Waals surface area contributed by atoms with E-state index in [1.807, 2.05) is 24.4 Å². The zero-order chi connectivity index (χ0) is 21.1. The Balaban J connectivity index is 1.62. The fourth-order valence-corrected chi connectivity index (χ4v) is 4.25. The van der Waals surface area contributed by atoms with Crippen molar-refractivity contribution in [1.82, 2.24) is 9.99 Å². The monoisotopic (exact) mass is 435 g/mol. The summed E-state index contributed by atoms with van der Waals surface area (Å²) in [5.74, 6) is 0. The number of aryl methyl sites for hydroxylation is 1. The van der Waals surface area contributed by atoms with Crippen molar-refractivity contribution < 1.29 is 0 Å². The maximum absolute atomic E-state index is 6.24. The lowest BCUT2D eigenvalue weighted by atomic mass is 10.1. The van der Waals surface area contributed by atoms with E-state index in [2.05, 4.69) is 77.5 Å². The van der Waals surface area contributed by atoms with Gasteiger partial charge in [0.2, 0.25) is 0 Å². The van der Waals surface area contributed by atoms with Crippen LogP contribution in [0.2, 0.25) is 10.0 Å². The Labute approximate surface area is 186 Å². The normalized spacial score (nSPS) is 11.5. The van der Waals surface area contributed by atoms with Gasteiger partial charge in [-0.15, -0.1) is 0 Å². The van der Waals surface area contributed by atoms with Gasteiger partial charge in [-0.25, -0.2) is 0 Å². The van der Waals surface area contributed by atoms with Gasteiger partial charge in [-0.2, -0.15) is 5.10 Å². The van der Waals surface area contributed by atoms with E-state index < -0.39 is 0 Å². The zero-order valence-corrected chi connectivity index (χ0v) is 18.5. The molecule has 0 aliphatic heterocycles. The number of halogens is 2. The number of benzene rings is 3. The molecule has 0 aliphatic rings. The average molecular weight is 436 g/mol. The molecule has 0 amide bonds. The molecule has 5 heteroatoms. The summed E-state index contributed by atoms with van der Waals surface area (Å²) in [6.45, 7) is 5.60. The van der Waals surface area contributed by atoms with Crippen molar-refractivity contribution >= 4 is 40.3 Å². The molecule has 30 heavy (non-hydrogen) atoms. The minimum atomic E-state index is 0.468. The van der Waals surface area contributed by atoms with Crippen molar-refractivity contribution in [2.24, 2.45) is 5.10 Å². The fraction of sp³-hybridized carbons (Fsp3) is 0.160. The number of hydrazone groups is 1. The molecule has 152 valence electrons. The molecule has 4 aromatic rings. The van der Waals surface area contributed by atoms with Crippen LogP contribution in [-0.4, -0.2) is 10.8 Å². The first-order chi connectivity index (χ1) is 14.6. The third-order valence-corrected chi connectivity index (χ3v) is 6.18. The Morgan fingerprint density at radius 2 is 1.60 bits per heavy atom. The number of para-hydroxylation sites is 1. The molecule has 0 atom stereocenters. The third-order valence-electron chi connectivity index (χ3n) is 5.47. The summed E-state index contributed by atoms with van der Waals surface area (Å²) in [5.41, 5.74) is 10.0. The largest absolute Gasteiger partial charge is 0.340 e. The first kappa shape index (κ1) is 20.5. The molecule has 0 saturated heterocycles. The van der Waals surface area contributed by atoms with E-state index in [4.69, 9.17) is 23.2 Å². The first-order valence-electron chi connectivity index (χ1n) is 9.87. The number of hydrogen-bond acceptors (Lipinski definition) is 2. The van der Waals surface area contributed by atoms with Crippen molar-refractivity contribution in [3.8, 4) is 0 Å². The van der Waals surface area contributed by atoms with Crippen LogP contribution >= 0.6 is 23.2 Å². The van der Waals surface area contributed by atoms with Crippen LogP contribution in [0.1, 0.15) is 27.9 Å². The third kappa shape index (κ3) is 4.09. The topological polar surface area (TPSA) is 29.3 Å². The van der Waals surface area contributed by atoms with Crippen LogP contribution in [-0.2, 0) is 13.1 Å². The highest BCUT2D eigenvalue weighted by molar-refractivity contribution is 6.35. The van der Waals surface area contributed by atoms with Gasteiger partial charge in [0.05, 0.1) is 12.8 Å². The lowest BCUT2D eigenvalue weighted by Crippen LogP contribution is -2.07. The van der Waals surface area contributed by atoms with Gasteiger partial charge in [0.25, 0.3) is 0 Å². The van der Waals surface area contributed by atoms with Crippen LogP contribution in [0.4, 0.5) is 0 Å². The van der Waals surface area contributed by atoms with E-state index in [9.17, 15) is 0 Å². The Hall–Kier alpha value is -2.75. The maximum Gasteiger partial charge on any atom is 0.0609 e. The van der Waals surface area contributed by atoms with E-state index in [-0.39, 0.29) is 0 Å². The maximum atomic E-state index is 6.24. The van der Waals surface area contributed by atoms with Crippen LogP contribution in [0.5, 0.6) is 0 Å².